The molecule has 20 heavy (non-hydrogen) atoms. The third-order valence-corrected chi connectivity index (χ3v) is 3.01. The quantitative estimate of drug-likeness (QED) is 0.691. The molecule has 1 aliphatic heterocycles. The number of nitrogens with one attached hydrogen (secondary N) is 1. The van der Waals surface area contributed by atoms with Crippen molar-refractivity contribution in [3.05, 3.63) is 0 Å². The smallest absolute Gasteiger partial charge is 0.325 e. The molecule has 1 aliphatic rings. The van der Waals surface area contributed by atoms with Crippen molar-refractivity contribution in [2.75, 3.05) is 53.5 Å². The summed E-state index contributed by atoms with van der Waals surface area (Å²) in [5.41, 5.74) is 0. The molecule has 0 aromatic carbocycles. The lowest BCUT2D eigenvalue weighted by Gasteiger charge is -2.33. The van der Waals surface area contributed by atoms with Crippen molar-refractivity contribution in [3.63, 3.8) is 0 Å². The Morgan fingerprint density at radius 3 is 2.85 bits per heavy atom. The van der Waals surface area contributed by atoms with Gasteiger partial charge in [0.05, 0.1) is 19.3 Å². The highest BCUT2D eigenvalue weighted by atomic mass is 16.5. The maximum absolute atomic E-state index is 11.9. The van der Waals surface area contributed by atoms with E-state index >= 15 is 0 Å². The van der Waals surface area contributed by atoms with Gasteiger partial charge in [-0.2, -0.15) is 0 Å². The van der Waals surface area contributed by atoms with Crippen LogP contribution in [0.2, 0.25) is 0 Å². The van der Waals surface area contributed by atoms with Gasteiger partial charge in [0.15, 0.2) is 0 Å². The minimum Gasteiger partial charge on any atom is -0.465 e. The van der Waals surface area contributed by atoms with Crippen LogP contribution in [-0.2, 0) is 14.3 Å². The highest BCUT2D eigenvalue weighted by Gasteiger charge is 2.24. The summed E-state index contributed by atoms with van der Waals surface area (Å²) in [6.07, 6.45) is 0.939. The summed E-state index contributed by atoms with van der Waals surface area (Å²) in [7, 11) is 4.01. The van der Waals surface area contributed by atoms with Crippen molar-refractivity contribution in [2.24, 2.45) is 0 Å². The lowest BCUT2D eigenvalue weighted by atomic mass is 10.2. The van der Waals surface area contributed by atoms with E-state index in [0.29, 0.717) is 26.3 Å². The molecule has 0 radical (unpaired) electrons. The summed E-state index contributed by atoms with van der Waals surface area (Å²) in [6, 6.07) is -0.240. The summed E-state index contributed by atoms with van der Waals surface area (Å²) in [5, 5.41) is 2.57. The number of hydrogen-bond donors (Lipinski definition) is 1. The Morgan fingerprint density at radius 1 is 1.45 bits per heavy atom. The molecular formula is C13H25N3O4. The second kappa shape index (κ2) is 8.76. The predicted octanol–water partition coefficient (Wildman–Crippen LogP) is -0.0884. The third kappa shape index (κ3) is 6.21. The van der Waals surface area contributed by atoms with E-state index in [-0.39, 0.29) is 18.7 Å². The Balaban J connectivity index is 2.30. The molecule has 116 valence electrons. The molecule has 0 aliphatic carbocycles. The third-order valence-electron chi connectivity index (χ3n) is 3.01. The monoisotopic (exact) mass is 287 g/mol. The van der Waals surface area contributed by atoms with Crippen molar-refractivity contribution in [1.82, 2.24) is 15.1 Å². The molecule has 1 saturated heterocycles. The molecule has 1 atom stereocenters. The summed E-state index contributed by atoms with van der Waals surface area (Å²) >= 11 is 0. The summed E-state index contributed by atoms with van der Waals surface area (Å²) in [6.45, 7) is 4.52. The minimum absolute atomic E-state index is 0.0551. The second-order valence-corrected chi connectivity index (χ2v) is 4.99. The fourth-order valence-corrected chi connectivity index (χ4v) is 1.95. The summed E-state index contributed by atoms with van der Waals surface area (Å²) < 4.78 is 10.4. The number of ether oxygens (including phenoxy) is 2. The predicted molar refractivity (Wildman–Crippen MR) is 74.5 cm³/mol. The molecule has 1 rings (SSSR count). The van der Waals surface area contributed by atoms with Crippen molar-refractivity contribution < 1.29 is 19.1 Å². The van der Waals surface area contributed by atoms with Gasteiger partial charge in [0.2, 0.25) is 0 Å². The van der Waals surface area contributed by atoms with Crippen LogP contribution in [0.4, 0.5) is 4.79 Å². The zero-order valence-electron chi connectivity index (χ0n) is 12.6. The number of carbonyl (C=O) groups is 2. The lowest BCUT2D eigenvalue weighted by Crippen LogP contribution is -2.51. The standard InChI is InChI=1S/C13H25N3O4/c1-4-19-12(17)9-14-13(18)16-7-8-20-11(10-16)5-6-15(2)3/h11H,4-10H2,1-3H3,(H,14,18). The topological polar surface area (TPSA) is 71.1 Å². The number of amides is 2. The van der Waals surface area contributed by atoms with Crippen LogP contribution in [0.1, 0.15) is 13.3 Å². The molecule has 2 amide bonds. The van der Waals surface area contributed by atoms with Crippen molar-refractivity contribution in [2.45, 2.75) is 19.4 Å². The van der Waals surface area contributed by atoms with Gasteiger partial charge in [0.25, 0.3) is 0 Å². The Kier molecular flexibility index (Phi) is 7.32. The SMILES string of the molecule is CCOC(=O)CNC(=O)N1CCOC(CCN(C)C)C1. The van der Waals surface area contributed by atoms with Crippen LogP contribution >= 0.6 is 0 Å². The van der Waals surface area contributed by atoms with Gasteiger partial charge in [-0.3, -0.25) is 4.79 Å². The molecule has 0 bridgehead atoms. The first-order valence-electron chi connectivity index (χ1n) is 6.97. The van der Waals surface area contributed by atoms with Crippen LogP contribution in [0, 0.1) is 0 Å². The minimum atomic E-state index is -0.418. The van der Waals surface area contributed by atoms with Gasteiger partial charge in [-0.15, -0.1) is 0 Å². The van der Waals surface area contributed by atoms with Crippen LogP contribution in [0.5, 0.6) is 0 Å². The van der Waals surface area contributed by atoms with Gasteiger partial charge >= 0.3 is 12.0 Å². The van der Waals surface area contributed by atoms with Crippen LogP contribution in [0.3, 0.4) is 0 Å². The van der Waals surface area contributed by atoms with Gasteiger partial charge in [-0.1, -0.05) is 0 Å². The molecule has 0 saturated carbocycles. The summed E-state index contributed by atoms with van der Waals surface area (Å²) in [5.74, 6) is -0.418. The average Bonchev–Trinajstić information content (AvgIpc) is 2.43. The van der Waals surface area contributed by atoms with E-state index in [1.165, 1.54) is 0 Å². The molecule has 7 nitrogen and oxygen atoms in total. The van der Waals surface area contributed by atoms with Crippen LogP contribution in [-0.4, -0.2) is 81.4 Å². The van der Waals surface area contributed by atoms with Crippen molar-refractivity contribution in [1.29, 1.82) is 0 Å². The Hall–Kier alpha value is -1.34. The number of esters is 1. The van der Waals surface area contributed by atoms with E-state index in [2.05, 4.69) is 10.2 Å². The summed E-state index contributed by atoms with van der Waals surface area (Å²) in [4.78, 5) is 26.9. The van der Waals surface area contributed by atoms with Gasteiger partial charge in [-0.25, -0.2) is 4.79 Å². The zero-order chi connectivity index (χ0) is 15.0. The van der Waals surface area contributed by atoms with Crippen molar-refractivity contribution >= 4 is 12.0 Å². The fraction of sp³-hybridized carbons (Fsp3) is 0.846. The van der Waals surface area contributed by atoms with Crippen LogP contribution in [0.15, 0.2) is 0 Å². The molecule has 1 N–H and O–H groups in total. The number of nitrogens with zero attached hydrogens (tertiary/aromatic N) is 2. The largest absolute Gasteiger partial charge is 0.465 e. The van der Waals surface area contributed by atoms with E-state index < -0.39 is 5.97 Å². The first kappa shape index (κ1) is 16.7. The van der Waals surface area contributed by atoms with Crippen LogP contribution in [0.25, 0.3) is 0 Å². The molecule has 1 heterocycles. The highest BCUT2D eigenvalue weighted by molar-refractivity contribution is 5.80. The van der Waals surface area contributed by atoms with Gasteiger partial charge in [-0.05, 0) is 27.4 Å². The highest BCUT2D eigenvalue weighted by Crippen LogP contribution is 2.09. The first-order chi connectivity index (χ1) is 9.52. The van der Waals surface area contributed by atoms with Crippen LogP contribution < -0.4 is 5.32 Å². The van der Waals surface area contributed by atoms with E-state index in [4.69, 9.17) is 9.47 Å². The average molecular weight is 287 g/mol. The molecule has 0 spiro atoms. The van der Waals surface area contributed by atoms with E-state index in [0.717, 1.165) is 13.0 Å². The van der Waals surface area contributed by atoms with E-state index in [1.54, 1.807) is 11.8 Å². The number of urea groups is 1. The molecule has 7 heteroatoms. The molecule has 0 aromatic rings. The second-order valence-electron chi connectivity index (χ2n) is 4.99. The zero-order valence-corrected chi connectivity index (χ0v) is 12.6. The first-order valence-corrected chi connectivity index (χ1v) is 6.97. The molecule has 0 aromatic heterocycles. The molecule has 1 unspecified atom stereocenters. The Labute approximate surface area is 120 Å². The number of morpholine rings is 1. The Morgan fingerprint density at radius 2 is 2.20 bits per heavy atom. The number of rotatable bonds is 6. The normalized spacial score (nSPS) is 19.0. The van der Waals surface area contributed by atoms with Gasteiger partial charge in [0, 0.05) is 19.6 Å². The molecular weight excluding hydrogens is 262 g/mol. The van der Waals surface area contributed by atoms with E-state index in [1.807, 2.05) is 14.1 Å². The van der Waals surface area contributed by atoms with E-state index in [9.17, 15) is 9.59 Å². The molecule has 1 fully saturated rings. The maximum atomic E-state index is 11.9. The lowest BCUT2D eigenvalue weighted by molar-refractivity contribution is -0.141. The fourth-order valence-electron chi connectivity index (χ4n) is 1.95. The Bertz CT molecular complexity index is 323. The maximum Gasteiger partial charge on any atom is 0.325 e. The number of carbonyl (C=O) groups excluding carboxylic acids is 2. The van der Waals surface area contributed by atoms with Gasteiger partial charge < -0.3 is 24.6 Å². The van der Waals surface area contributed by atoms with Crippen molar-refractivity contribution in [3.8, 4) is 0 Å². The van der Waals surface area contributed by atoms with Gasteiger partial charge in [0.1, 0.15) is 6.54 Å². The number of hydrogen-bond acceptors (Lipinski definition) is 5.